The van der Waals surface area contributed by atoms with E-state index in [-0.39, 0.29) is 12.0 Å². The number of ether oxygens (including phenoxy) is 1. The molecule has 0 aromatic heterocycles. The highest BCUT2D eigenvalue weighted by Crippen LogP contribution is 2.46. The molecule has 106 valence electrons. The monoisotopic (exact) mass is 264 g/mol. The summed E-state index contributed by atoms with van der Waals surface area (Å²) in [6.45, 7) is 6.39. The molecule has 1 aliphatic carbocycles. The molecule has 1 aliphatic heterocycles. The summed E-state index contributed by atoms with van der Waals surface area (Å²) < 4.78 is 5.75. The Kier molecular flexibility index (Phi) is 4.46. The zero-order chi connectivity index (χ0) is 13.9. The van der Waals surface area contributed by atoms with Gasteiger partial charge < -0.3 is 9.64 Å². The molecular formula is C15H24N2O2. The van der Waals surface area contributed by atoms with Crippen LogP contribution < -0.4 is 0 Å². The maximum atomic E-state index is 12.5. The molecule has 0 N–H and O–H groups in total. The molecule has 4 heteroatoms. The van der Waals surface area contributed by atoms with Gasteiger partial charge in [0.25, 0.3) is 0 Å². The third-order valence-corrected chi connectivity index (χ3v) is 4.24. The molecule has 0 radical (unpaired) electrons. The number of amides is 1. The number of piperidine rings is 1. The average Bonchev–Trinajstić information content (AvgIpc) is 2.41. The van der Waals surface area contributed by atoms with Gasteiger partial charge in [0.05, 0.1) is 12.2 Å². The van der Waals surface area contributed by atoms with Crippen LogP contribution in [0.15, 0.2) is 0 Å². The summed E-state index contributed by atoms with van der Waals surface area (Å²) >= 11 is 0. The van der Waals surface area contributed by atoms with E-state index in [9.17, 15) is 10.1 Å². The Hall–Kier alpha value is -1.08. The Morgan fingerprint density at radius 3 is 2.84 bits per heavy atom. The van der Waals surface area contributed by atoms with Gasteiger partial charge in [-0.3, -0.25) is 4.79 Å². The second kappa shape index (κ2) is 5.92. The Bertz CT molecular complexity index is 369. The normalized spacial score (nSPS) is 34.5. The third kappa shape index (κ3) is 2.92. The van der Waals surface area contributed by atoms with Crippen molar-refractivity contribution in [2.45, 2.75) is 52.1 Å². The standard InChI is InChI=1S/C15H24N2O2/c1-3-7-19-13-5-4-6-17(10-13)14(18)15(11-16)8-12(2)9-15/h12-13H,3-10H2,1-2H3. The van der Waals surface area contributed by atoms with Crippen molar-refractivity contribution in [3.8, 4) is 6.07 Å². The Balaban J connectivity index is 1.94. The molecular weight excluding hydrogens is 240 g/mol. The number of nitriles is 1. The quantitative estimate of drug-likeness (QED) is 0.783. The lowest BCUT2D eigenvalue weighted by Crippen LogP contribution is -2.53. The highest BCUT2D eigenvalue weighted by atomic mass is 16.5. The highest BCUT2D eigenvalue weighted by molar-refractivity contribution is 5.86. The third-order valence-electron chi connectivity index (χ3n) is 4.24. The maximum absolute atomic E-state index is 12.5. The molecule has 1 atom stereocenters. The number of hydrogen-bond donors (Lipinski definition) is 0. The number of carbonyl (C=O) groups excluding carboxylic acids is 1. The summed E-state index contributed by atoms with van der Waals surface area (Å²) in [5.41, 5.74) is -0.730. The van der Waals surface area contributed by atoms with E-state index in [1.54, 1.807) is 0 Å². The van der Waals surface area contributed by atoms with Crippen molar-refractivity contribution < 1.29 is 9.53 Å². The lowest BCUT2D eigenvalue weighted by atomic mass is 9.62. The summed E-state index contributed by atoms with van der Waals surface area (Å²) in [5, 5.41) is 9.33. The zero-order valence-corrected chi connectivity index (χ0v) is 12.0. The van der Waals surface area contributed by atoms with Crippen LogP contribution in [0, 0.1) is 22.7 Å². The molecule has 1 amide bonds. The number of likely N-dealkylation sites (tertiary alicyclic amines) is 1. The van der Waals surface area contributed by atoms with Crippen molar-refractivity contribution in [2.75, 3.05) is 19.7 Å². The van der Waals surface area contributed by atoms with Crippen molar-refractivity contribution >= 4 is 5.91 Å². The van der Waals surface area contributed by atoms with E-state index in [4.69, 9.17) is 4.74 Å². The molecule has 1 unspecified atom stereocenters. The summed E-state index contributed by atoms with van der Waals surface area (Å²) in [6.07, 6.45) is 4.62. The molecule has 1 saturated carbocycles. The van der Waals surface area contributed by atoms with E-state index in [0.717, 1.165) is 45.3 Å². The molecule has 2 fully saturated rings. The first-order valence-corrected chi connectivity index (χ1v) is 7.43. The second-order valence-electron chi connectivity index (χ2n) is 6.09. The summed E-state index contributed by atoms with van der Waals surface area (Å²) in [7, 11) is 0. The van der Waals surface area contributed by atoms with E-state index < -0.39 is 5.41 Å². The van der Waals surface area contributed by atoms with Gasteiger partial charge in [-0.25, -0.2) is 0 Å². The van der Waals surface area contributed by atoms with Gasteiger partial charge in [-0.05, 0) is 38.0 Å². The van der Waals surface area contributed by atoms with Crippen LogP contribution >= 0.6 is 0 Å². The van der Waals surface area contributed by atoms with Gasteiger partial charge >= 0.3 is 0 Å². The molecule has 19 heavy (non-hydrogen) atoms. The minimum absolute atomic E-state index is 0.0397. The van der Waals surface area contributed by atoms with E-state index in [1.165, 1.54) is 0 Å². The van der Waals surface area contributed by atoms with Crippen molar-refractivity contribution in [2.24, 2.45) is 11.3 Å². The highest BCUT2D eigenvalue weighted by Gasteiger charge is 2.51. The SMILES string of the molecule is CCCOC1CCCN(C(=O)C2(C#N)CC(C)C2)C1. The largest absolute Gasteiger partial charge is 0.376 e. The van der Waals surface area contributed by atoms with Crippen LogP contribution in [-0.2, 0) is 9.53 Å². The van der Waals surface area contributed by atoms with Crippen LogP contribution in [0.3, 0.4) is 0 Å². The smallest absolute Gasteiger partial charge is 0.243 e. The first-order chi connectivity index (χ1) is 9.11. The van der Waals surface area contributed by atoms with E-state index >= 15 is 0 Å². The van der Waals surface area contributed by atoms with E-state index in [2.05, 4.69) is 19.9 Å². The van der Waals surface area contributed by atoms with Crippen LogP contribution in [0.1, 0.15) is 46.0 Å². The lowest BCUT2D eigenvalue weighted by Gasteiger charge is -2.44. The minimum atomic E-state index is -0.730. The average molecular weight is 264 g/mol. The molecule has 1 saturated heterocycles. The van der Waals surface area contributed by atoms with Gasteiger partial charge in [0, 0.05) is 19.7 Å². The minimum Gasteiger partial charge on any atom is -0.376 e. The molecule has 2 aliphatic rings. The maximum Gasteiger partial charge on any atom is 0.243 e. The van der Waals surface area contributed by atoms with Crippen molar-refractivity contribution in [3.63, 3.8) is 0 Å². The van der Waals surface area contributed by atoms with Crippen LogP contribution in [0.2, 0.25) is 0 Å². The topological polar surface area (TPSA) is 53.3 Å². The summed E-state index contributed by atoms with van der Waals surface area (Å²) in [5.74, 6) is 0.540. The first kappa shape index (κ1) is 14.3. The first-order valence-electron chi connectivity index (χ1n) is 7.43. The van der Waals surface area contributed by atoms with Crippen molar-refractivity contribution in [3.05, 3.63) is 0 Å². The van der Waals surface area contributed by atoms with Crippen molar-refractivity contribution in [1.82, 2.24) is 4.90 Å². The van der Waals surface area contributed by atoms with Crippen LogP contribution in [-0.4, -0.2) is 36.6 Å². The number of rotatable bonds is 4. The van der Waals surface area contributed by atoms with Gasteiger partial charge in [-0.2, -0.15) is 5.26 Å². The number of nitrogens with zero attached hydrogens (tertiary/aromatic N) is 2. The number of carbonyl (C=O) groups is 1. The van der Waals surface area contributed by atoms with Gasteiger partial charge in [0.2, 0.25) is 5.91 Å². The van der Waals surface area contributed by atoms with Gasteiger partial charge in [0.1, 0.15) is 5.41 Å². The molecule has 0 aromatic carbocycles. The van der Waals surface area contributed by atoms with E-state index in [1.807, 2.05) is 4.90 Å². The Morgan fingerprint density at radius 2 is 2.26 bits per heavy atom. The molecule has 0 aromatic rings. The van der Waals surface area contributed by atoms with Gasteiger partial charge in [0.15, 0.2) is 0 Å². The van der Waals surface area contributed by atoms with Crippen LogP contribution in [0.25, 0.3) is 0 Å². The van der Waals surface area contributed by atoms with Crippen LogP contribution in [0.5, 0.6) is 0 Å². The molecule has 0 spiro atoms. The summed E-state index contributed by atoms with van der Waals surface area (Å²) in [4.78, 5) is 14.4. The number of hydrogen-bond acceptors (Lipinski definition) is 3. The Morgan fingerprint density at radius 1 is 1.53 bits per heavy atom. The molecule has 2 rings (SSSR count). The fourth-order valence-electron chi connectivity index (χ4n) is 3.29. The van der Waals surface area contributed by atoms with Gasteiger partial charge in [-0.1, -0.05) is 13.8 Å². The van der Waals surface area contributed by atoms with E-state index in [0.29, 0.717) is 12.5 Å². The second-order valence-corrected chi connectivity index (χ2v) is 6.09. The predicted molar refractivity (Wildman–Crippen MR) is 72.3 cm³/mol. The molecule has 4 nitrogen and oxygen atoms in total. The predicted octanol–water partition coefficient (Wildman–Crippen LogP) is 2.34. The fraction of sp³-hybridized carbons (Fsp3) is 0.867. The Labute approximate surface area is 115 Å². The fourth-order valence-corrected chi connectivity index (χ4v) is 3.29. The lowest BCUT2D eigenvalue weighted by molar-refractivity contribution is -0.149. The van der Waals surface area contributed by atoms with Crippen LogP contribution in [0.4, 0.5) is 0 Å². The van der Waals surface area contributed by atoms with Gasteiger partial charge in [-0.15, -0.1) is 0 Å². The van der Waals surface area contributed by atoms with Crippen molar-refractivity contribution in [1.29, 1.82) is 5.26 Å². The molecule has 1 heterocycles. The summed E-state index contributed by atoms with van der Waals surface area (Å²) in [6, 6.07) is 2.27. The zero-order valence-electron chi connectivity index (χ0n) is 12.0. The molecule has 0 bridgehead atoms.